The van der Waals surface area contributed by atoms with Crippen LogP contribution in [-0.4, -0.2) is 45.4 Å². The molecule has 3 aromatic rings. The van der Waals surface area contributed by atoms with Crippen LogP contribution in [0.15, 0.2) is 73.2 Å². The van der Waals surface area contributed by atoms with Crippen molar-refractivity contribution in [2.45, 2.75) is 46.2 Å². The van der Waals surface area contributed by atoms with Crippen molar-refractivity contribution in [2.75, 3.05) is 6.54 Å². The largest absolute Gasteiger partial charge is 0.354 e. The fourth-order valence-corrected chi connectivity index (χ4v) is 3.37. The van der Waals surface area contributed by atoms with E-state index < -0.39 is 17.5 Å². The van der Waals surface area contributed by atoms with E-state index in [4.69, 9.17) is 0 Å². The molecule has 1 atom stereocenters. The molecular formula is C27H34N6O3. The second kappa shape index (κ2) is 12.5. The number of H-pyrrole nitrogens is 1. The molecule has 3 rings (SSSR count). The molecule has 36 heavy (non-hydrogen) atoms. The number of benzene rings is 2. The summed E-state index contributed by atoms with van der Waals surface area (Å²) in [4.78, 5) is 46.2. The number of nitrogens with zero attached hydrogens (tertiary/aromatic N) is 2. The zero-order valence-corrected chi connectivity index (χ0v) is 21.0. The molecule has 9 nitrogen and oxygen atoms in total. The van der Waals surface area contributed by atoms with Crippen LogP contribution in [0, 0.1) is 5.41 Å². The topological polar surface area (TPSA) is 119 Å². The Labute approximate surface area is 211 Å². The number of carbonyl (C=O) groups is 3. The average Bonchev–Trinajstić information content (AvgIpc) is 3.37. The molecule has 0 bridgehead atoms. The highest BCUT2D eigenvalue weighted by atomic mass is 16.2. The fourth-order valence-electron chi connectivity index (χ4n) is 3.37. The van der Waals surface area contributed by atoms with Gasteiger partial charge in [-0.25, -0.2) is 14.8 Å². The number of hydrogen-bond donors (Lipinski definition) is 4. The summed E-state index contributed by atoms with van der Waals surface area (Å²) in [6, 6.07) is 17.4. The van der Waals surface area contributed by atoms with Gasteiger partial charge >= 0.3 is 6.03 Å². The Hall–Kier alpha value is -4.14. The molecule has 0 aliphatic carbocycles. The monoisotopic (exact) mass is 490 g/mol. The first kappa shape index (κ1) is 26.5. The molecule has 1 aromatic heterocycles. The number of aromatic nitrogens is 2. The second-order valence-electron chi connectivity index (χ2n) is 9.57. The summed E-state index contributed by atoms with van der Waals surface area (Å²) in [6.07, 6.45) is 4.17. The third-order valence-electron chi connectivity index (χ3n) is 5.49. The summed E-state index contributed by atoms with van der Waals surface area (Å²) in [5.74, 6) is -0.620. The lowest BCUT2D eigenvalue weighted by atomic mass is 9.96. The Kier molecular flexibility index (Phi) is 9.21. The van der Waals surface area contributed by atoms with Gasteiger partial charge in [0.25, 0.3) is 0 Å². The van der Waals surface area contributed by atoms with Crippen molar-refractivity contribution in [3.63, 3.8) is 0 Å². The van der Waals surface area contributed by atoms with Crippen molar-refractivity contribution in [3.8, 4) is 0 Å². The molecule has 0 aliphatic rings. The van der Waals surface area contributed by atoms with Crippen LogP contribution < -0.4 is 16.1 Å². The lowest BCUT2D eigenvalue weighted by Crippen LogP contribution is -2.57. The van der Waals surface area contributed by atoms with Gasteiger partial charge in [0.2, 0.25) is 11.8 Å². The minimum atomic E-state index is -0.841. The Balaban J connectivity index is 1.74. The molecule has 0 fully saturated rings. The van der Waals surface area contributed by atoms with Crippen LogP contribution in [0.4, 0.5) is 4.79 Å². The zero-order chi connectivity index (χ0) is 26.0. The predicted molar refractivity (Wildman–Crippen MR) is 137 cm³/mol. The van der Waals surface area contributed by atoms with Crippen LogP contribution in [0.3, 0.4) is 0 Å². The Morgan fingerprint density at radius 3 is 2.19 bits per heavy atom. The normalized spacial score (nSPS) is 11.9. The van der Waals surface area contributed by atoms with Crippen molar-refractivity contribution in [3.05, 3.63) is 90.0 Å². The van der Waals surface area contributed by atoms with Crippen molar-refractivity contribution in [2.24, 2.45) is 5.41 Å². The molecule has 0 saturated heterocycles. The van der Waals surface area contributed by atoms with Crippen LogP contribution in [-0.2, 0) is 29.0 Å². The number of hydrazine groups is 1. The average molecular weight is 491 g/mol. The summed E-state index contributed by atoms with van der Waals surface area (Å²) < 4.78 is 0. The molecule has 1 unspecified atom stereocenters. The molecular weight excluding hydrogens is 456 g/mol. The Bertz CT molecular complexity index is 1110. The first-order valence-electron chi connectivity index (χ1n) is 11.9. The third-order valence-corrected chi connectivity index (χ3v) is 5.49. The van der Waals surface area contributed by atoms with Gasteiger partial charge in [-0.15, -0.1) is 0 Å². The predicted octanol–water partition coefficient (Wildman–Crippen LogP) is 2.97. The van der Waals surface area contributed by atoms with E-state index >= 15 is 0 Å². The van der Waals surface area contributed by atoms with E-state index in [1.165, 1.54) is 5.01 Å². The number of amides is 4. The van der Waals surface area contributed by atoms with Crippen LogP contribution in [0.1, 0.15) is 37.6 Å². The smallest absolute Gasteiger partial charge is 0.337 e. The van der Waals surface area contributed by atoms with Gasteiger partial charge in [0.15, 0.2) is 0 Å². The maximum atomic E-state index is 13.4. The highest BCUT2D eigenvalue weighted by Gasteiger charge is 2.28. The second-order valence-corrected chi connectivity index (χ2v) is 9.57. The first-order valence-corrected chi connectivity index (χ1v) is 11.9. The highest BCUT2D eigenvalue weighted by molar-refractivity contribution is 5.89. The van der Waals surface area contributed by atoms with Gasteiger partial charge < -0.3 is 15.6 Å². The quantitative estimate of drug-likeness (QED) is 0.345. The standard InChI is InChI=1S/C27H34N6O3/c1-27(2,3)25(35)32-33(18-21-12-8-5-9-13-21)26(36)31-23(16-20-10-6-4-7-11-20)24(34)29-15-14-22-17-28-19-30-22/h4-13,17,19,23H,14-16,18H2,1-3H3,(H,28,30)(H,29,34)(H,31,36)(H,32,35). The molecule has 4 amide bonds. The summed E-state index contributed by atoms with van der Waals surface area (Å²) in [5.41, 5.74) is 4.65. The lowest BCUT2D eigenvalue weighted by Gasteiger charge is -2.29. The molecule has 0 spiro atoms. The van der Waals surface area contributed by atoms with Crippen molar-refractivity contribution < 1.29 is 14.4 Å². The SMILES string of the molecule is CC(C)(C)C(=O)NN(Cc1ccccc1)C(=O)NC(Cc1ccccc1)C(=O)NCCc1cnc[nH]1. The summed E-state index contributed by atoms with van der Waals surface area (Å²) in [7, 11) is 0. The van der Waals surface area contributed by atoms with Gasteiger partial charge in [-0.3, -0.25) is 15.0 Å². The van der Waals surface area contributed by atoms with Crippen LogP contribution in [0.2, 0.25) is 0 Å². The maximum Gasteiger partial charge on any atom is 0.337 e. The molecule has 0 aliphatic heterocycles. The van der Waals surface area contributed by atoms with E-state index in [-0.39, 0.29) is 18.4 Å². The number of nitrogens with one attached hydrogen (secondary N) is 4. The number of urea groups is 1. The third kappa shape index (κ3) is 8.26. The van der Waals surface area contributed by atoms with Crippen LogP contribution in [0.5, 0.6) is 0 Å². The van der Waals surface area contributed by atoms with E-state index in [0.717, 1.165) is 16.8 Å². The van der Waals surface area contributed by atoms with Gasteiger partial charge in [0.1, 0.15) is 6.04 Å². The molecule has 9 heteroatoms. The van der Waals surface area contributed by atoms with Gasteiger partial charge in [0, 0.05) is 36.7 Å². The zero-order valence-electron chi connectivity index (χ0n) is 21.0. The lowest BCUT2D eigenvalue weighted by molar-refractivity contribution is -0.132. The maximum absolute atomic E-state index is 13.4. The van der Waals surface area contributed by atoms with E-state index in [1.807, 2.05) is 60.7 Å². The molecule has 0 saturated carbocycles. The Morgan fingerprint density at radius 1 is 0.972 bits per heavy atom. The van der Waals surface area contributed by atoms with Gasteiger partial charge in [0.05, 0.1) is 12.9 Å². The summed E-state index contributed by atoms with van der Waals surface area (Å²) >= 11 is 0. The molecule has 2 aromatic carbocycles. The fraction of sp³-hybridized carbons (Fsp3) is 0.333. The Morgan fingerprint density at radius 2 is 1.61 bits per heavy atom. The van der Waals surface area contributed by atoms with E-state index in [2.05, 4.69) is 26.0 Å². The molecule has 1 heterocycles. The molecule has 4 N–H and O–H groups in total. The van der Waals surface area contributed by atoms with E-state index in [1.54, 1.807) is 33.3 Å². The number of hydrogen-bond acceptors (Lipinski definition) is 4. The summed E-state index contributed by atoms with van der Waals surface area (Å²) in [5, 5.41) is 6.94. The summed E-state index contributed by atoms with van der Waals surface area (Å²) in [6.45, 7) is 5.84. The minimum Gasteiger partial charge on any atom is -0.354 e. The van der Waals surface area contributed by atoms with Crippen molar-refractivity contribution in [1.29, 1.82) is 0 Å². The highest BCUT2D eigenvalue weighted by Crippen LogP contribution is 2.14. The first-order chi connectivity index (χ1) is 17.2. The number of aromatic amines is 1. The van der Waals surface area contributed by atoms with Gasteiger partial charge in [-0.1, -0.05) is 81.4 Å². The van der Waals surface area contributed by atoms with Gasteiger partial charge in [-0.05, 0) is 11.1 Å². The number of carbonyl (C=O) groups excluding carboxylic acids is 3. The molecule has 0 radical (unpaired) electrons. The van der Waals surface area contributed by atoms with Crippen LogP contribution in [0.25, 0.3) is 0 Å². The van der Waals surface area contributed by atoms with E-state index in [0.29, 0.717) is 19.4 Å². The number of rotatable bonds is 9. The van der Waals surface area contributed by atoms with Gasteiger partial charge in [-0.2, -0.15) is 0 Å². The van der Waals surface area contributed by atoms with Crippen LogP contribution >= 0.6 is 0 Å². The van der Waals surface area contributed by atoms with Crippen molar-refractivity contribution >= 4 is 17.8 Å². The molecule has 190 valence electrons. The minimum absolute atomic E-state index is 0.147. The van der Waals surface area contributed by atoms with E-state index in [9.17, 15) is 14.4 Å². The van der Waals surface area contributed by atoms with Crippen molar-refractivity contribution in [1.82, 2.24) is 31.0 Å². The number of imidazole rings is 1.